The van der Waals surface area contributed by atoms with Gasteiger partial charge in [0.25, 0.3) is 0 Å². The predicted octanol–water partition coefficient (Wildman–Crippen LogP) is 3.27. The summed E-state index contributed by atoms with van der Waals surface area (Å²) >= 11 is 1.35. The molecule has 0 amide bonds. The number of nitrogen functional groups attached to an aromatic ring is 1. The zero-order chi connectivity index (χ0) is 15.7. The maximum Gasteiger partial charge on any atom is 0.223 e. The maximum atomic E-state index is 12.3. The van der Waals surface area contributed by atoms with Gasteiger partial charge in [-0.25, -0.2) is 0 Å². The molecule has 0 radical (unpaired) electrons. The first-order chi connectivity index (χ1) is 10.1. The monoisotopic (exact) mass is 310 g/mol. The Bertz CT molecular complexity index is 448. The van der Waals surface area contributed by atoms with Crippen molar-refractivity contribution in [2.45, 2.75) is 27.2 Å². The number of hydrogen-bond donors (Lipinski definition) is 1. The molecular formula is C16H26N2O2S. The largest absolute Gasteiger partial charge is 0.493 e. The molecule has 0 aliphatic carbocycles. The zero-order valence-corrected chi connectivity index (χ0v) is 14.0. The van der Waals surface area contributed by atoms with Crippen LogP contribution in [-0.2, 0) is 0 Å². The minimum absolute atomic E-state index is 0.0537. The van der Waals surface area contributed by atoms with Crippen LogP contribution in [0.4, 0.5) is 5.69 Å². The normalized spacial score (nSPS) is 10.9. The molecule has 2 N–H and O–H groups in total. The van der Waals surface area contributed by atoms with Crippen molar-refractivity contribution in [3.8, 4) is 5.75 Å². The molecule has 0 saturated carbocycles. The van der Waals surface area contributed by atoms with E-state index in [4.69, 9.17) is 10.5 Å². The summed E-state index contributed by atoms with van der Waals surface area (Å²) in [6, 6.07) is 5.21. The third-order valence-electron chi connectivity index (χ3n) is 3.27. The van der Waals surface area contributed by atoms with Gasteiger partial charge in [0, 0.05) is 17.5 Å². The Balaban J connectivity index is 2.52. The molecule has 1 aromatic rings. The molecule has 0 aliphatic rings. The number of rotatable bonds is 9. The highest BCUT2D eigenvalue weighted by Crippen LogP contribution is 2.26. The summed E-state index contributed by atoms with van der Waals surface area (Å²) in [5, 5.41) is 0.0537. The number of anilines is 1. The standard InChI is InChI=1S/C16H26N2O2S/c1-4-18(5-2)10-7-11-21-16(19)14-9-8-13(17)12-15(14)20-6-3/h8-9,12H,4-7,10-11,17H2,1-3H3. The second kappa shape index (κ2) is 9.68. The van der Waals surface area contributed by atoms with E-state index in [0.717, 1.165) is 31.8 Å². The molecule has 4 nitrogen and oxygen atoms in total. The van der Waals surface area contributed by atoms with E-state index >= 15 is 0 Å². The third-order valence-corrected chi connectivity index (χ3v) is 4.25. The smallest absolute Gasteiger partial charge is 0.223 e. The number of carbonyl (C=O) groups excluding carboxylic acids is 1. The van der Waals surface area contributed by atoms with E-state index < -0.39 is 0 Å². The lowest BCUT2D eigenvalue weighted by molar-refractivity contribution is 0.108. The fourth-order valence-electron chi connectivity index (χ4n) is 2.05. The lowest BCUT2D eigenvalue weighted by Crippen LogP contribution is -2.24. The van der Waals surface area contributed by atoms with Crippen molar-refractivity contribution in [1.82, 2.24) is 4.90 Å². The number of hydrogen-bond acceptors (Lipinski definition) is 5. The Morgan fingerprint density at radius 2 is 2.00 bits per heavy atom. The molecule has 1 aromatic carbocycles. The molecule has 0 fully saturated rings. The molecule has 1 rings (SSSR count). The minimum atomic E-state index is 0.0537. The first-order valence-corrected chi connectivity index (χ1v) is 8.52. The van der Waals surface area contributed by atoms with Crippen LogP contribution in [0.1, 0.15) is 37.6 Å². The van der Waals surface area contributed by atoms with Gasteiger partial charge in [-0.05, 0) is 45.1 Å². The van der Waals surface area contributed by atoms with E-state index in [-0.39, 0.29) is 5.12 Å². The molecule has 0 atom stereocenters. The van der Waals surface area contributed by atoms with Crippen molar-refractivity contribution >= 4 is 22.6 Å². The molecule has 21 heavy (non-hydrogen) atoms. The third kappa shape index (κ3) is 5.98. The Kier molecular flexibility index (Phi) is 8.23. The minimum Gasteiger partial charge on any atom is -0.493 e. The molecule has 0 unspecified atom stereocenters. The van der Waals surface area contributed by atoms with Crippen molar-refractivity contribution < 1.29 is 9.53 Å². The van der Waals surface area contributed by atoms with E-state index in [0.29, 0.717) is 23.6 Å². The van der Waals surface area contributed by atoms with Gasteiger partial charge in [0.15, 0.2) is 0 Å². The van der Waals surface area contributed by atoms with Crippen LogP contribution in [0.3, 0.4) is 0 Å². The molecule has 0 heterocycles. The lowest BCUT2D eigenvalue weighted by Gasteiger charge is -2.17. The van der Waals surface area contributed by atoms with Gasteiger partial charge in [-0.2, -0.15) is 0 Å². The Morgan fingerprint density at radius 3 is 2.62 bits per heavy atom. The van der Waals surface area contributed by atoms with E-state index in [1.54, 1.807) is 18.2 Å². The van der Waals surface area contributed by atoms with Gasteiger partial charge in [-0.1, -0.05) is 25.6 Å². The van der Waals surface area contributed by atoms with E-state index in [1.165, 1.54) is 11.8 Å². The van der Waals surface area contributed by atoms with Gasteiger partial charge in [0.1, 0.15) is 5.75 Å². The van der Waals surface area contributed by atoms with Crippen LogP contribution in [-0.4, -0.2) is 42.0 Å². The second-order valence-corrected chi connectivity index (χ2v) is 5.77. The average molecular weight is 310 g/mol. The molecule has 0 saturated heterocycles. The highest BCUT2D eigenvalue weighted by atomic mass is 32.2. The Morgan fingerprint density at radius 1 is 1.29 bits per heavy atom. The quantitative estimate of drug-likeness (QED) is 0.560. The summed E-state index contributed by atoms with van der Waals surface area (Å²) in [5.74, 6) is 1.41. The van der Waals surface area contributed by atoms with Crippen molar-refractivity contribution in [3.63, 3.8) is 0 Å². The molecular weight excluding hydrogens is 284 g/mol. The number of ether oxygens (including phenoxy) is 1. The van der Waals surface area contributed by atoms with Crippen LogP contribution >= 0.6 is 11.8 Å². The van der Waals surface area contributed by atoms with Crippen molar-refractivity contribution in [1.29, 1.82) is 0 Å². The second-order valence-electron chi connectivity index (χ2n) is 4.70. The number of benzene rings is 1. The average Bonchev–Trinajstić information content (AvgIpc) is 2.47. The van der Waals surface area contributed by atoms with Crippen molar-refractivity contribution in [2.24, 2.45) is 0 Å². The molecule has 0 aliphatic heterocycles. The summed E-state index contributed by atoms with van der Waals surface area (Å²) in [5.41, 5.74) is 6.96. The summed E-state index contributed by atoms with van der Waals surface area (Å²) in [7, 11) is 0. The number of carbonyl (C=O) groups is 1. The van der Waals surface area contributed by atoms with Gasteiger partial charge < -0.3 is 15.4 Å². The Labute approximate surface area is 132 Å². The maximum absolute atomic E-state index is 12.3. The van der Waals surface area contributed by atoms with E-state index in [2.05, 4.69) is 18.7 Å². The van der Waals surface area contributed by atoms with Crippen LogP contribution < -0.4 is 10.5 Å². The summed E-state index contributed by atoms with van der Waals surface area (Å²) < 4.78 is 5.50. The van der Waals surface area contributed by atoms with Crippen LogP contribution in [0, 0.1) is 0 Å². The van der Waals surface area contributed by atoms with E-state index in [9.17, 15) is 4.79 Å². The summed E-state index contributed by atoms with van der Waals surface area (Å²) in [4.78, 5) is 14.6. The van der Waals surface area contributed by atoms with Crippen LogP contribution in [0.2, 0.25) is 0 Å². The number of thioether (sulfide) groups is 1. The van der Waals surface area contributed by atoms with Crippen molar-refractivity contribution in [3.05, 3.63) is 23.8 Å². The van der Waals surface area contributed by atoms with Gasteiger partial charge >= 0.3 is 0 Å². The van der Waals surface area contributed by atoms with Crippen LogP contribution in [0.15, 0.2) is 18.2 Å². The highest BCUT2D eigenvalue weighted by molar-refractivity contribution is 8.14. The Hall–Kier alpha value is -1.20. The fraction of sp³-hybridized carbons (Fsp3) is 0.562. The topological polar surface area (TPSA) is 55.6 Å². The first kappa shape index (κ1) is 17.9. The molecule has 0 spiro atoms. The highest BCUT2D eigenvalue weighted by Gasteiger charge is 2.13. The van der Waals surface area contributed by atoms with Gasteiger partial charge in [-0.3, -0.25) is 4.79 Å². The molecule has 0 aromatic heterocycles. The number of nitrogens with zero attached hydrogens (tertiary/aromatic N) is 1. The molecule has 0 bridgehead atoms. The van der Waals surface area contributed by atoms with Crippen LogP contribution in [0.25, 0.3) is 0 Å². The summed E-state index contributed by atoms with van der Waals surface area (Å²) in [6.07, 6.45) is 1.01. The van der Waals surface area contributed by atoms with Crippen molar-refractivity contribution in [2.75, 3.05) is 37.7 Å². The predicted molar refractivity (Wildman–Crippen MR) is 91.2 cm³/mol. The van der Waals surface area contributed by atoms with Crippen LogP contribution in [0.5, 0.6) is 5.75 Å². The first-order valence-electron chi connectivity index (χ1n) is 7.54. The fourth-order valence-corrected chi connectivity index (χ4v) is 2.84. The number of nitrogens with two attached hydrogens (primary N) is 1. The molecule has 118 valence electrons. The lowest BCUT2D eigenvalue weighted by atomic mass is 10.2. The SMILES string of the molecule is CCOc1cc(N)ccc1C(=O)SCCCN(CC)CC. The van der Waals surface area contributed by atoms with E-state index in [1.807, 2.05) is 6.92 Å². The zero-order valence-electron chi connectivity index (χ0n) is 13.2. The van der Waals surface area contributed by atoms with Gasteiger partial charge in [-0.15, -0.1) is 0 Å². The van der Waals surface area contributed by atoms with Gasteiger partial charge in [0.05, 0.1) is 12.2 Å². The van der Waals surface area contributed by atoms with Gasteiger partial charge in [0.2, 0.25) is 5.12 Å². The molecule has 5 heteroatoms. The summed E-state index contributed by atoms with van der Waals surface area (Å²) in [6.45, 7) is 9.89.